The molecule has 3 heteroatoms. The van der Waals surface area contributed by atoms with Gasteiger partial charge in [0.25, 0.3) is 0 Å². The van der Waals surface area contributed by atoms with Crippen LogP contribution in [0.5, 0.6) is 0 Å². The van der Waals surface area contributed by atoms with Gasteiger partial charge in [0.2, 0.25) is 0 Å². The van der Waals surface area contributed by atoms with Crippen LogP contribution < -0.4 is 5.73 Å². The number of para-hydroxylation sites is 1. The number of hydrogen-bond acceptors (Lipinski definition) is 3. The van der Waals surface area contributed by atoms with Crippen LogP contribution in [0.15, 0.2) is 24.3 Å². The Morgan fingerprint density at radius 1 is 1.27 bits per heavy atom. The van der Waals surface area contributed by atoms with E-state index in [1.165, 1.54) is 11.3 Å². The number of anilines is 1. The lowest BCUT2D eigenvalue weighted by molar-refractivity contribution is 0.138. The first-order valence-electron chi connectivity index (χ1n) is 5.24. The van der Waals surface area contributed by atoms with E-state index >= 15 is 0 Å². The van der Waals surface area contributed by atoms with Crippen LogP contribution >= 0.6 is 11.8 Å². The van der Waals surface area contributed by atoms with Crippen LogP contribution in [0.2, 0.25) is 0 Å². The zero-order valence-electron chi connectivity index (χ0n) is 9.24. The molecule has 84 valence electrons. The average Bonchev–Trinajstić information content (AvgIpc) is 2.25. The van der Waals surface area contributed by atoms with Gasteiger partial charge in [0, 0.05) is 12.3 Å². The lowest BCUT2D eigenvalue weighted by Gasteiger charge is -2.06. The van der Waals surface area contributed by atoms with Crippen LogP contribution in [-0.4, -0.2) is 25.2 Å². The van der Waals surface area contributed by atoms with Crippen LogP contribution in [0.3, 0.4) is 0 Å². The normalized spacial score (nSPS) is 10.5. The summed E-state index contributed by atoms with van der Waals surface area (Å²) in [6.07, 6.45) is 4.15. The minimum atomic E-state index is 0.766. The summed E-state index contributed by atoms with van der Waals surface area (Å²) in [4.78, 5) is 0. The smallest absolute Gasteiger partial charge is 0.0507 e. The summed E-state index contributed by atoms with van der Waals surface area (Å²) in [5.74, 6) is 1.17. The Morgan fingerprint density at radius 3 is 2.80 bits per heavy atom. The molecule has 0 saturated carbocycles. The molecule has 2 N–H and O–H groups in total. The summed E-state index contributed by atoms with van der Waals surface area (Å²) in [5.41, 5.74) is 7.87. The van der Waals surface area contributed by atoms with Crippen molar-refractivity contribution in [3.05, 3.63) is 29.8 Å². The third-order valence-electron chi connectivity index (χ3n) is 2.21. The highest BCUT2D eigenvalue weighted by atomic mass is 32.2. The second-order valence-corrected chi connectivity index (χ2v) is 4.39. The molecule has 0 spiro atoms. The molecular weight excluding hydrogens is 206 g/mol. The maximum Gasteiger partial charge on any atom is 0.0507 e. The van der Waals surface area contributed by atoms with Gasteiger partial charge < -0.3 is 10.5 Å². The molecule has 1 aromatic carbocycles. The second-order valence-electron chi connectivity index (χ2n) is 3.41. The molecule has 1 rings (SSSR count). The Morgan fingerprint density at radius 2 is 2.07 bits per heavy atom. The molecule has 0 aromatic heterocycles. The largest absolute Gasteiger partial charge is 0.399 e. The van der Waals surface area contributed by atoms with Crippen molar-refractivity contribution in [3.63, 3.8) is 0 Å². The van der Waals surface area contributed by atoms with Gasteiger partial charge in [-0.2, -0.15) is 11.8 Å². The van der Waals surface area contributed by atoms with E-state index in [-0.39, 0.29) is 0 Å². The van der Waals surface area contributed by atoms with Crippen LogP contribution in [0, 0.1) is 0 Å². The third kappa shape index (κ3) is 5.09. The van der Waals surface area contributed by atoms with E-state index in [4.69, 9.17) is 10.5 Å². The number of hydrogen-bond donors (Lipinski definition) is 1. The third-order valence-corrected chi connectivity index (χ3v) is 2.90. The summed E-state index contributed by atoms with van der Waals surface area (Å²) in [6, 6.07) is 7.96. The van der Waals surface area contributed by atoms with Crippen LogP contribution in [0.25, 0.3) is 0 Å². The van der Waals surface area contributed by atoms with Gasteiger partial charge in [0.1, 0.15) is 0 Å². The fraction of sp³-hybridized carbons (Fsp3) is 0.500. The van der Waals surface area contributed by atoms with Crippen molar-refractivity contribution in [1.82, 2.24) is 0 Å². The molecule has 0 radical (unpaired) electrons. The number of thioether (sulfide) groups is 1. The summed E-state index contributed by atoms with van der Waals surface area (Å²) in [5, 5.41) is 0. The highest BCUT2D eigenvalue weighted by Gasteiger charge is 1.97. The Balaban J connectivity index is 2.12. The molecule has 0 amide bonds. The predicted octanol–water partition coefficient (Wildman–Crippen LogP) is 2.58. The Bertz CT molecular complexity index is 278. The Hall–Kier alpha value is -0.670. The van der Waals surface area contributed by atoms with E-state index in [2.05, 4.69) is 12.3 Å². The van der Waals surface area contributed by atoms with E-state index in [0.29, 0.717) is 0 Å². The van der Waals surface area contributed by atoms with Gasteiger partial charge in [-0.3, -0.25) is 0 Å². The molecule has 0 atom stereocenters. The molecule has 0 fully saturated rings. The SMILES string of the molecule is CSCCCOCCc1ccccc1N. The Labute approximate surface area is 96.2 Å². The van der Waals surface area contributed by atoms with Crippen molar-refractivity contribution in [3.8, 4) is 0 Å². The molecule has 2 nitrogen and oxygen atoms in total. The summed E-state index contributed by atoms with van der Waals surface area (Å²) in [6.45, 7) is 1.62. The highest BCUT2D eigenvalue weighted by molar-refractivity contribution is 7.98. The number of benzene rings is 1. The van der Waals surface area contributed by atoms with Crippen LogP contribution in [-0.2, 0) is 11.2 Å². The minimum Gasteiger partial charge on any atom is -0.399 e. The number of rotatable bonds is 7. The van der Waals surface area contributed by atoms with E-state index in [0.717, 1.165) is 31.7 Å². The predicted molar refractivity (Wildman–Crippen MR) is 68.4 cm³/mol. The van der Waals surface area contributed by atoms with E-state index in [1.807, 2.05) is 30.0 Å². The van der Waals surface area contributed by atoms with Gasteiger partial charge in [-0.25, -0.2) is 0 Å². The number of ether oxygens (including phenoxy) is 1. The van der Waals surface area contributed by atoms with Gasteiger partial charge in [-0.05, 0) is 36.5 Å². The zero-order valence-corrected chi connectivity index (χ0v) is 10.1. The van der Waals surface area contributed by atoms with Crippen molar-refractivity contribution in [2.45, 2.75) is 12.8 Å². The minimum absolute atomic E-state index is 0.766. The highest BCUT2D eigenvalue weighted by Crippen LogP contribution is 2.10. The lowest BCUT2D eigenvalue weighted by atomic mass is 10.1. The van der Waals surface area contributed by atoms with E-state index < -0.39 is 0 Å². The van der Waals surface area contributed by atoms with Crippen molar-refractivity contribution in [1.29, 1.82) is 0 Å². The molecular formula is C12H19NOS. The molecule has 1 aromatic rings. The second kappa shape index (κ2) is 7.60. The standard InChI is InChI=1S/C12H19NOS/c1-15-10-4-8-14-9-7-11-5-2-3-6-12(11)13/h2-3,5-6H,4,7-10,13H2,1H3. The fourth-order valence-electron chi connectivity index (χ4n) is 1.35. The Kier molecular flexibility index (Phi) is 6.28. The van der Waals surface area contributed by atoms with E-state index in [1.54, 1.807) is 0 Å². The molecule has 0 aliphatic rings. The van der Waals surface area contributed by atoms with Gasteiger partial charge in [0.15, 0.2) is 0 Å². The molecule has 0 aliphatic carbocycles. The van der Waals surface area contributed by atoms with Gasteiger partial charge in [-0.15, -0.1) is 0 Å². The fourth-order valence-corrected chi connectivity index (χ4v) is 1.76. The van der Waals surface area contributed by atoms with Crippen molar-refractivity contribution < 1.29 is 4.74 Å². The molecule has 15 heavy (non-hydrogen) atoms. The van der Waals surface area contributed by atoms with Gasteiger partial charge >= 0.3 is 0 Å². The van der Waals surface area contributed by atoms with Crippen molar-refractivity contribution in [2.24, 2.45) is 0 Å². The monoisotopic (exact) mass is 225 g/mol. The first-order chi connectivity index (χ1) is 7.34. The maximum atomic E-state index is 5.82. The molecule has 0 aliphatic heterocycles. The summed E-state index contributed by atoms with van der Waals surface area (Å²) < 4.78 is 5.53. The van der Waals surface area contributed by atoms with Crippen LogP contribution in [0.4, 0.5) is 5.69 Å². The van der Waals surface area contributed by atoms with E-state index in [9.17, 15) is 0 Å². The average molecular weight is 225 g/mol. The molecule has 0 saturated heterocycles. The molecule has 0 heterocycles. The maximum absolute atomic E-state index is 5.82. The molecule has 0 unspecified atom stereocenters. The number of nitrogens with two attached hydrogens (primary N) is 1. The van der Waals surface area contributed by atoms with Gasteiger partial charge in [0.05, 0.1) is 6.61 Å². The number of nitrogen functional groups attached to an aromatic ring is 1. The quantitative estimate of drug-likeness (QED) is 0.572. The summed E-state index contributed by atoms with van der Waals surface area (Å²) in [7, 11) is 0. The van der Waals surface area contributed by atoms with Crippen LogP contribution in [0.1, 0.15) is 12.0 Å². The van der Waals surface area contributed by atoms with Crippen molar-refractivity contribution in [2.75, 3.05) is 31.0 Å². The first kappa shape index (κ1) is 12.4. The topological polar surface area (TPSA) is 35.2 Å². The van der Waals surface area contributed by atoms with Gasteiger partial charge in [-0.1, -0.05) is 18.2 Å². The van der Waals surface area contributed by atoms with Crippen molar-refractivity contribution >= 4 is 17.4 Å². The lowest BCUT2D eigenvalue weighted by Crippen LogP contribution is -2.03. The first-order valence-corrected chi connectivity index (χ1v) is 6.64. The zero-order chi connectivity index (χ0) is 10.9. The molecule has 0 bridgehead atoms. The summed E-state index contributed by atoms with van der Waals surface area (Å²) >= 11 is 1.86.